The Morgan fingerprint density at radius 3 is 2.14 bits per heavy atom. The lowest BCUT2D eigenvalue weighted by Crippen LogP contribution is -2.32. The number of esters is 1. The molecule has 0 saturated heterocycles. The number of methoxy groups -OCH3 is 2. The van der Waals surface area contributed by atoms with Crippen molar-refractivity contribution in [2.45, 2.75) is 6.92 Å². The van der Waals surface area contributed by atoms with Crippen LogP contribution in [-0.4, -0.2) is 44.1 Å². The Labute approximate surface area is 212 Å². The first-order chi connectivity index (χ1) is 17.8. The highest BCUT2D eigenvalue weighted by molar-refractivity contribution is 6.39. The van der Waals surface area contributed by atoms with Gasteiger partial charge in [0.25, 0.3) is 0 Å². The van der Waals surface area contributed by atoms with Crippen LogP contribution in [0, 0.1) is 0 Å². The largest absolute Gasteiger partial charge is 0.497 e. The van der Waals surface area contributed by atoms with Crippen molar-refractivity contribution in [1.82, 2.24) is 5.43 Å². The predicted molar refractivity (Wildman–Crippen MR) is 136 cm³/mol. The van der Waals surface area contributed by atoms with Crippen molar-refractivity contribution < 1.29 is 33.4 Å². The summed E-state index contributed by atoms with van der Waals surface area (Å²) in [5.41, 5.74) is 3.85. The number of nitrogens with one attached hydrogen (secondary N) is 3. The van der Waals surface area contributed by atoms with Crippen molar-refractivity contribution in [2.24, 2.45) is 5.10 Å². The van der Waals surface area contributed by atoms with E-state index >= 15 is 0 Å². The molecule has 0 aliphatic rings. The molecule has 37 heavy (non-hydrogen) atoms. The average molecular weight is 504 g/mol. The lowest BCUT2D eigenvalue weighted by atomic mass is 10.2. The Balaban J connectivity index is 1.57. The van der Waals surface area contributed by atoms with Crippen molar-refractivity contribution in [3.63, 3.8) is 0 Å². The van der Waals surface area contributed by atoms with Gasteiger partial charge in [0.05, 0.1) is 26.0 Å². The first-order valence-electron chi connectivity index (χ1n) is 10.9. The van der Waals surface area contributed by atoms with Crippen LogP contribution in [0.3, 0.4) is 0 Å². The average Bonchev–Trinajstić information content (AvgIpc) is 2.90. The Kier molecular flexibility index (Phi) is 8.92. The van der Waals surface area contributed by atoms with Gasteiger partial charge in [-0.15, -0.1) is 0 Å². The third-order valence-corrected chi connectivity index (χ3v) is 4.74. The van der Waals surface area contributed by atoms with Crippen LogP contribution in [0.15, 0.2) is 71.8 Å². The highest BCUT2D eigenvalue weighted by atomic mass is 16.6. The summed E-state index contributed by atoms with van der Waals surface area (Å²) in [7, 11) is 2.91. The van der Waals surface area contributed by atoms with Crippen LogP contribution in [0.4, 0.5) is 11.4 Å². The lowest BCUT2D eigenvalue weighted by molar-refractivity contribution is -0.136. The fourth-order valence-corrected chi connectivity index (χ4v) is 3.00. The fourth-order valence-electron chi connectivity index (χ4n) is 3.00. The highest BCUT2D eigenvalue weighted by Gasteiger charge is 2.15. The number of carbonyl (C=O) groups is 4. The van der Waals surface area contributed by atoms with Crippen molar-refractivity contribution in [2.75, 3.05) is 24.9 Å². The second-order valence-corrected chi connectivity index (χ2v) is 7.44. The van der Waals surface area contributed by atoms with Crippen molar-refractivity contribution in [3.8, 4) is 17.2 Å². The first kappa shape index (κ1) is 26.4. The molecular formula is C26H24N4O7. The van der Waals surface area contributed by atoms with Gasteiger partial charge in [-0.3, -0.25) is 14.4 Å². The maximum atomic E-state index is 12.5. The molecule has 0 atom stereocenters. The highest BCUT2D eigenvalue weighted by Crippen LogP contribution is 2.28. The van der Waals surface area contributed by atoms with Crippen molar-refractivity contribution in [3.05, 3.63) is 77.9 Å². The zero-order chi connectivity index (χ0) is 26.8. The molecule has 0 spiro atoms. The van der Waals surface area contributed by atoms with Gasteiger partial charge in [-0.05, 0) is 66.2 Å². The van der Waals surface area contributed by atoms with E-state index in [0.29, 0.717) is 28.3 Å². The Morgan fingerprint density at radius 1 is 0.784 bits per heavy atom. The van der Waals surface area contributed by atoms with E-state index in [1.165, 1.54) is 45.6 Å². The minimum atomic E-state index is -0.988. The molecule has 3 amide bonds. The van der Waals surface area contributed by atoms with Gasteiger partial charge >= 0.3 is 17.8 Å². The zero-order valence-corrected chi connectivity index (χ0v) is 20.2. The van der Waals surface area contributed by atoms with E-state index in [4.69, 9.17) is 14.2 Å². The summed E-state index contributed by atoms with van der Waals surface area (Å²) in [6, 6.07) is 17.4. The molecule has 0 unspecified atom stereocenters. The number of hydrogen-bond acceptors (Lipinski definition) is 8. The minimum Gasteiger partial charge on any atom is -0.497 e. The van der Waals surface area contributed by atoms with Crippen LogP contribution in [0.2, 0.25) is 0 Å². The van der Waals surface area contributed by atoms with E-state index in [2.05, 4.69) is 21.2 Å². The Bertz CT molecular complexity index is 1340. The van der Waals surface area contributed by atoms with Gasteiger partial charge in [-0.25, -0.2) is 10.2 Å². The minimum absolute atomic E-state index is 0.181. The summed E-state index contributed by atoms with van der Waals surface area (Å²) in [5.74, 6) is -1.78. The topological polar surface area (TPSA) is 144 Å². The fraction of sp³-hybridized carbons (Fsp3) is 0.115. The molecule has 0 aromatic heterocycles. The normalized spacial score (nSPS) is 10.4. The molecule has 0 fully saturated rings. The quantitative estimate of drug-likeness (QED) is 0.141. The number of amides is 3. The molecule has 3 N–H and O–H groups in total. The Morgan fingerprint density at radius 2 is 1.49 bits per heavy atom. The summed E-state index contributed by atoms with van der Waals surface area (Å²) >= 11 is 0. The molecule has 190 valence electrons. The van der Waals surface area contributed by atoms with E-state index in [0.717, 1.165) is 0 Å². The number of nitrogens with zero attached hydrogens (tertiary/aromatic N) is 1. The molecule has 11 heteroatoms. The van der Waals surface area contributed by atoms with Crippen molar-refractivity contribution in [1.29, 1.82) is 0 Å². The van der Waals surface area contributed by atoms with Crippen LogP contribution in [0.5, 0.6) is 17.2 Å². The molecule has 3 aromatic rings. The summed E-state index contributed by atoms with van der Waals surface area (Å²) < 4.78 is 15.8. The molecule has 0 bridgehead atoms. The number of carbonyl (C=O) groups excluding carboxylic acids is 4. The third kappa shape index (κ3) is 7.65. The number of ether oxygens (including phenoxy) is 3. The maximum absolute atomic E-state index is 12.5. The molecule has 0 aliphatic heterocycles. The van der Waals surface area contributed by atoms with Gasteiger partial charge < -0.3 is 24.8 Å². The number of benzene rings is 3. The first-order valence-corrected chi connectivity index (χ1v) is 10.9. The SMILES string of the molecule is COc1cccc(C(=O)Oc2ccc(/C=N/NC(=O)C(=O)Nc3ccc(NC(C)=O)cc3)cc2OC)c1. The molecule has 3 rings (SSSR count). The second-order valence-electron chi connectivity index (χ2n) is 7.44. The summed E-state index contributed by atoms with van der Waals surface area (Å²) in [6.45, 7) is 1.38. The third-order valence-electron chi connectivity index (χ3n) is 4.74. The molecule has 0 saturated carbocycles. The lowest BCUT2D eigenvalue weighted by Gasteiger charge is -2.10. The number of hydrazone groups is 1. The number of anilines is 2. The molecule has 0 radical (unpaired) electrons. The van der Waals surface area contributed by atoms with E-state index in [9.17, 15) is 19.2 Å². The second kappa shape index (κ2) is 12.5. The van der Waals surface area contributed by atoms with Crippen molar-refractivity contribution >= 4 is 41.3 Å². The molecule has 3 aromatic carbocycles. The van der Waals surface area contributed by atoms with Gasteiger partial charge in [0.15, 0.2) is 11.5 Å². The van der Waals surface area contributed by atoms with Crippen LogP contribution >= 0.6 is 0 Å². The Hall–Kier alpha value is -5.19. The predicted octanol–water partition coefficient (Wildman–Crippen LogP) is 2.97. The van der Waals surface area contributed by atoms with Crippen LogP contribution in [0.25, 0.3) is 0 Å². The van der Waals surface area contributed by atoms with E-state index < -0.39 is 17.8 Å². The van der Waals surface area contributed by atoms with Gasteiger partial charge in [0, 0.05) is 18.3 Å². The molecule has 0 heterocycles. The van der Waals surface area contributed by atoms with E-state index in [1.54, 1.807) is 48.5 Å². The number of rotatable bonds is 8. The van der Waals surface area contributed by atoms with E-state index in [-0.39, 0.29) is 17.4 Å². The zero-order valence-electron chi connectivity index (χ0n) is 20.2. The molecule has 11 nitrogen and oxygen atoms in total. The monoisotopic (exact) mass is 504 g/mol. The van der Waals surface area contributed by atoms with E-state index in [1.807, 2.05) is 0 Å². The van der Waals surface area contributed by atoms with Gasteiger partial charge in [0.1, 0.15) is 5.75 Å². The number of hydrogen-bond donors (Lipinski definition) is 3. The molecule has 0 aliphatic carbocycles. The van der Waals surface area contributed by atoms with Crippen LogP contribution in [-0.2, 0) is 14.4 Å². The van der Waals surface area contributed by atoms with Crippen LogP contribution < -0.4 is 30.3 Å². The smallest absolute Gasteiger partial charge is 0.343 e. The van der Waals surface area contributed by atoms with Gasteiger partial charge in [-0.1, -0.05) is 6.07 Å². The van der Waals surface area contributed by atoms with Gasteiger partial charge in [-0.2, -0.15) is 5.10 Å². The standard InChI is InChI=1S/C26H24N4O7/c1-16(31)28-19-8-10-20(11-9-19)29-24(32)25(33)30-27-15-17-7-12-22(23(13-17)36-3)37-26(34)18-5-4-6-21(14-18)35-2/h4-15H,1-3H3,(H,28,31)(H,29,32)(H,30,33)/b27-15+. The maximum Gasteiger partial charge on any atom is 0.343 e. The summed E-state index contributed by atoms with van der Waals surface area (Å²) in [6.07, 6.45) is 1.30. The summed E-state index contributed by atoms with van der Waals surface area (Å²) in [4.78, 5) is 47.7. The molecular weight excluding hydrogens is 480 g/mol. The van der Waals surface area contributed by atoms with Crippen LogP contribution in [0.1, 0.15) is 22.8 Å². The summed E-state index contributed by atoms with van der Waals surface area (Å²) in [5, 5.41) is 8.79. The van der Waals surface area contributed by atoms with Gasteiger partial charge in [0.2, 0.25) is 5.91 Å².